The molecule has 8 rings (SSSR count). The maximum atomic E-state index is 3.71. The third kappa shape index (κ3) is 7.04. The van der Waals surface area contributed by atoms with Gasteiger partial charge in [0.2, 0.25) is 0 Å². The van der Waals surface area contributed by atoms with Crippen molar-refractivity contribution in [1.82, 2.24) is 0 Å². The number of nitrogens with one attached hydrogen (secondary N) is 1. The summed E-state index contributed by atoms with van der Waals surface area (Å²) in [7, 11) is 0. The predicted octanol–water partition coefficient (Wildman–Crippen LogP) is 13.7. The van der Waals surface area contributed by atoms with Gasteiger partial charge in [-0.1, -0.05) is 159 Å². The number of hydrogen-bond acceptors (Lipinski definition) is 2. The lowest BCUT2D eigenvalue weighted by atomic mass is 9.83. The summed E-state index contributed by atoms with van der Waals surface area (Å²) in [6.07, 6.45) is 8.89. The summed E-state index contributed by atoms with van der Waals surface area (Å²) < 4.78 is 0. The van der Waals surface area contributed by atoms with E-state index in [0.29, 0.717) is 11.8 Å². The minimum atomic E-state index is 0.354. The molecule has 0 aromatic heterocycles. The standard InChI is InChI=1S/C49H40N2/c1-36-13-8-9-20-47(36)48-21-10-11-22-49(48)50-43-29-23-41(24-30-43)42-18-12-19-46(35-42)51(44-31-25-39(26-32-44)37-14-4-2-5-15-37)45-33-27-40(28-34-45)38-16-6-3-7-17-38/h2-36,47,50H,1H3. The fourth-order valence-electron chi connectivity index (χ4n) is 7.05. The molecule has 0 amide bonds. The van der Waals surface area contributed by atoms with Crippen molar-refractivity contribution < 1.29 is 0 Å². The molecule has 1 aliphatic carbocycles. The van der Waals surface area contributed by atoms with Crippen LogP contribution in [0.15, 0.2) is 206 Å². The van der Waals surface area contributed by atoms with Crippen LogP contribution in [0.25, 0.3) is 33.4 Å². The smallest absolute Gasteiger partial charge is 0.0467 e. The molecule has 0 heterocycles. The van der Waals surface area contributed by atoms with Gasteiger partial charge in [-0.25, -0.2) is 0 Å². The number of nitrogens with zero attached hydrogens (tertiary/aromatic N) is 1. The third-order valence-corrected chi connectivity index (χ3v) is 9.80. The van der Waals surface area contributed by atoms with Crippen LogP contribution in [-0.2, 0) is 0 Å². The summed E-state index contributed by atoms with van der Waals surface area (Å²) >= 11 is 0. The quantitative estimate of drug-likeness (QED) is 0.166. The lowest BCUT2D eigenvalue weighted by Crippen LogP contribution is -2.10. The Bertz CT molecular complexity index is 2180. The average Bonchev–Trinajstić information content (AvgIpc) is 3.20. The zero-order valence-corrected chi connectivity index (χ0v) is 28.7. The van der Waals surface area contributed by atoms with E-state index in [1.165, 1.54) is 38.9 Å². The summed E-state index contributed by atoms with van der Waals surface area (Å²) in [4.78, 5) is 2.34. The topological polar surface area (TPSA) is 15.3 Å². The van der Waals surface area contributed by atoms with Gasteiger partial charge in [0.25, 0.3) is 0 Å². The van der Waals surface area contributed by atoms with E-state index in [-0.39, 0.29) is 0 Å². The van der Waals surface area contributed by atoms with Crippen molar-refractivity contribution in [2.24, 2.45) is 5.92 Å². The summed E-state index contributed by atoms with van der Waals surface area (Å²) in [6, 6.07) is 65.1. The number of para-hydroxylation sites is 1. The Kier molecular flexibility index (Phi) is 9.13. The Morgan fingerprint density at radius 3 is 1.51 bits per heavy atom. The highest BCUT2D eigenvalue weighted by Gasteiger charge is 2.19. The first-order chi connectivity index (χ1) is 25.2. The van der Waals surface area contributed by atoms with Crippen molar-refractivity contribution in [1.29, 1.82) is 0 Å². The summed E-state index contributed by atoms with van der Waals surface area (Å²) in [5.41, 5.74) is 14.0. The summed E-state index contributed by atoms with van der Waals surface area (Å²) in [5.74, 6) is 0.809. The molecule has 0 bridgehead atoms. The number of hydrogen-bond donors (Lipinski definition) is 1. The maximum absolute atomic E-state index is 3.71. The van der Waals surface area contributed by atoms with Gasteiger partial charge >= 0.3 is 0 Å². The van der Waals surface area contributed by atoms with Crippen LogP contribution in [0.1, 0.15) is 18.4 Å². The normalized spacial score (nSPS) is 15.0. The van der Waals surface area contributed by atoms with Gasteiger partial charge in [-0.05, 0) is 99.5 Å². The molecule has 2 unspecified atom stereocenters. The minimum Gasteiger partial charge on any atom is -0.355 e. The van der Waals surface area contributed by atoms with E-state index >= 15 is 0 Å². The van der Waals surface area contributed by atoms with Crippen LogP contribution in [-0.4, -0.2) is 0 Å². The molecule has 0 spiro atoms. The van der Waals surface area contributed by atoms with Crippen LogP contribution < -0.4 is 10.2 Å². The summed E-state index contributed by atoms with van der Waals surface area (Å²) in [5, 5.41) is 3.71. The van der Waals surface area contributed by atoms with E-state index in [1.807, 2.05) is 0 Å². The highest BCUT2D eigenvalue weighted by atomic mass is 15.1. The molecular formula is C49H40N2. The molecule has 246 valence electrons. The lowest BCUT2D eigenvalue weighted by molar-refractivity contribution is 0.636. The van der Waals surface area contributed by atoms with Crippen molar-refractivity contribution in [3.8, 4) is 33.4 Å². The first-order valence-corrected chi connectivity index (χ1v) is 17.7. The number of anilines is 5. The third-order valence-electron chi connectivity index (χ3n) is 9.80. The average molecular weight is 657 g/mol. The van der Waals surface area contributed by atoms with E-state index in [0.717, 1.165) is 28.4 Å². The van der Waals surface area contributed by atoms with Gasteiger partial charge in [0, 0.05) is 34.4 Å². The number of rotatable bonds is 9. The molecule has 2 nitrogen and oxygen atoms in total. The Labute approximate surface area is 301 Å². The van der Waals surface area contributed by atoms with E-state index < -0.39 is 0 Å². The molecule has 51 heavy (non-hydrogen) atoms. The molecule has 0 aliphatic heterocycles. The SMILES string of the molecule is CC1C=CC=CC1c1ccccc1Nc1ccc(-c2cccc(N(c3ccc(-c4ccccc4)cc3)c3ccc(-c4ccccc4)cc3)c2)cc1. The van der Waals surface area contributed by atoms with E-state index in [2.05, 4.69) is 223 Å². The van der Waals surface area contributed by atoms with E-state index in [1.54, 1.807) is 0 Å². The highest BCUT2D eigenvalue weighted by molar-refractivity contribution is 5.82. The van der Waals surface area contributed by atoms with Crippen LogP contribution in [0, 0.1) is 5.92 Å². The van der Waals surface area contributed by atoms with Gasteiger partial charge in [-0.2, -0.15) is 0 Å². The molecule has 2 heteroatoms. The van der Waals surface area contributed by atoms with E-state index in [4.69, 9.17) is 0 Å². The Morgan fingerprint density at radius 2 is 0.902 bits per heavy atom. The van der Waals surface area contributed by atoms with Crippen molar-refractivity contribution >= 4 is 28.4 Å². The molecule has 1 aliphatic rings. The second-order valence-electron chi connectivity index (χ2n) is 13.2. The molecular weight excluding hydrogens is 617 g/mol. The van der Waals surface area contributed by atoms with Crippen LogP contribution in [0.2, 0.25) is 0 Å². The zero-order chi connectivity index (χ0) is 34.4. The lowest BCUT2D eigenvalue weighted by Gasteiger charge is -2.26. The van der Waals surface area contributed by atoms with Crippen molar-refractivity contribution in [2.45, 2.75) is 12.8 Å². The van der Waals surface area contributed by atoms with Crippen molar-refractivity contribution in [3.05, 3.63) is 212 Å². The molecule has 7 aromatic rings. The predicted molar refractivity (Wildman–Crippen MR) is 217 cm³/mol. The van der Waals surface area contributed by atoms with Crippen LogP contribution >= 0.6 is 0 Å². The van der Waals surface area contributed by atoms with Gasteiger partial charge in [0.1, 0.15) is 0 Å². The van der Waals surface area contributed by atoms with Gasteiger partial charge < -0.3 is 10.2 Å². The molecule has 0 saturated heterocycles. The number of allylic oxidation sites excluding steroid dienone is 4. The van der Waals surface area contributed by atoms with Crippen LogP contribution in [0.3, 0.4) is 0 Å². The number of benzene rings is 7. The first-order valence-electron chi connectivity index (χ1n) is 17.7. The Hall–Kier alpha value is -6.38. The van der Waals surface area contributed by atoms with Crippen molar-refractivity contribution in [3.63, 3.8) is 0 Å². The van der Waals surface area contributed by atoms with E-state index in [9.17, 15) is 0 Å². The first kappa shape index (κ1) is 31.9. The van der Waals surface area contributed by atoms with Crippen LogP contribution in [0.5, 0.6) is 0 Å². The van der Waals surface area contributed by atoms with Crippen LogP contribution in [0.4, 0.5) is 28.4 Å². The zero-order valence-electron chi connectivity index (χ0n) is 28.7. The molecule has 2 atom stereocenters. The largest absolute Gasteiger partial charge is 0.355 e. The summed E-state index contributed by atoms with van der Waals surface area (Å²) in [6.45, 7) is 2.28. The Balaban J connectivity index is 1.10. The van der Waals surface area contributed by atoms with Gasteiger partial charge in [0.05, 0.1) is 0 Å². The maximum Gasteiger partial charge on any atom is 0.0467 e. The fraction of sp³-hybridized carbons (Fsp3) is 0.0612. The molecule has 0 saturated carbocycles. The minimum absolute atomic E-state index is 0.354. The molecule has 7 aromatic carbocycles. The second-order valence-corrected chi connectivity index (χ2v) is 13.2. The van der Waals surface area contributed by atoms with Gasteiger partial charge in [-0.3, -0.25) is 0 Å². The molecule has 0 radical (unpaired) electrons. The monoisotopic (exact) mass is 656 g/mol. The highest BCUT2D eigenvalue weighted by Crippen LogP contribution is 2.39. The second kappa shape index (κ2) is 14.6. The molecule has 0 fully saturated rings. The van der Waals surface area contributed by atoms with Gasteiger partial charge in [0.15, 0.2) is 0 Å². The van der Waals surface area contributed by atoms with Gasteiger partial charge in [-0.15, -0.1) is 0 Å². The Morgan fingerprint density at radius 1 is 0.412 bits per heavy atom. The fourth-order valence-corrected chi connectivity index (χ4v) is 7.05. The van der Waals surface area contributed by atoms with Crippen molar-refractivity contribution in [2.75, 3.05) is 10.2 Å². The molecule has 1 N–H and O–H groups in total.